The van der Waals surface area contributed by atoms with Gasteiger partial charge < -0.3 is 15.2 Å². The molecule has 0 fully saturated rings. The third-order valence-electron chi connectivity index (χ3n) is 3.85. The molecule has 7 nitrogen and oxygen atoms in total. The highest BCUT2D eigenvalue weighted by molar-refractivity contribution is 5.93. The van der Waals surface area contributed by atoms with E-state index in [0.717, 1.165) is 12.1 Å². The molecule has 2 heterocycles. The maximum Gasteiger partial charge on any atom is 0.416 e. The van der Waals surface area contributed by atoms with E-state index in [-0.39, 0.29) is 36.0 Å². The molecule has 29 heavy (non-hydrogen) atoms. The molecule has 3 rings (SSSR count). The Labute approximate surface area is 163 Å². The molecule has 0 spiro atoms. The first-order chi connectivity index (χ1) is 13.8. The van der Waals surface area contributed by atoms with E-state index in [1.807, 2.05) is 0 Å². The minimum absolute atomic E-state index is 0.0727. The lowest BCUT2D eigenvalue weighted by Crippen LogP contribution is -2.27. The van der Waals surface area contributed by atoms with Gasteiger partial charge in [0.15, 0.2) is 5.75 Å². The van der Waals surface area contributed by atoms with Crippen LogP contribution in [0.25, 0.3) is 11.4 Å². The number of carbonyl (C=O) groups is 1. The zero-order valence-corrected chi connectivity index (χ0v) is 15.3. The second-order valence-electron chi connectivity index (χ2n) is 6.02. The van der Waals surface area contributed by atoms with Gasteiger partial charge in [0.2, 0.25) is 0 Å². The lowest BCUT2D eigenvalue weighted by Gasteiger charge is -2.12. The zero-order chi connectivity index (χ0) is 21.0. The first-order valence-electron chi connectivity index (χ1n) is 8.53. The fourth-order valence-corrected chi connectivity index (χ4v) is 2.48. The third-order valence-corrected chi connectivity index (χ3v) is 3.85. The number of rotatable bonds is 6. The Balaban J connectivity index is 1.94. The molecule has 1 aromatic carbocycles. The van der Waals surface area contributed by atoms with Crippen LogP contribution in [0.15, 0.2) is 48.7 Å². The molecule has 0 unspecified atom stereocenters. The first kappa shape index (κ1) is 20.3. The number of aryl methyl sites for hydroxylation is 1. The average Bonchev–Trinajstić information content (AvgIpc) is 3.12. The summed E-state index contributed by atoms with van der Waals surface area (Å²) in [5, 5.41) is 15.6. The Morgan fingerprint density at radius 3 is 2.48 bits per heavy atom. The van der Waals surface area contributed by atoms with Crippen molar-refractivity contribution in [3.8, 4) is 22.9 Å². The summed E-state index contributed by atoms with van der Waals surface area (Å²) < 4.78 is 45.4. The number of halogens is 3. The van der Waals surface area contributed by atoms with Gasteiger partial charge in [0.05, 0.1) is 12.2 Å². The number of nitrogens with zero attached hydrogens (tertiary/aromatic N) is 3. The molecule has 0 aliphatic heterocycles. The smallest absolute Gasteiger partial charge is 0.416 e. The fraction of sp³-hybridized carbons (Fsp3) is 0.211. The Morgan fingerprint density at radius 1 is 1.17 bits per heavy atom. The number of amides is 1. The number of nitrogens with one attached hydrogen (secondary N) is 1. The molecule has 0 saturated heterocycles. The highest BCUT2D eigenvalue weighted by Crippen LogP contribution is 2.34. The first-order valence-corrected chi connectivity index (χ1v) is 8.53. The highest BCUT2D eigenvalue weighted by atomic mass is 19.4. The quantitative estimate of drug-likeness (QED) is 0.657. The molecular formula is C19H17F3N4O3. The van der Waals surface area contributed by atoms with Crippen molar-refractivity contribution in [2.24, 2.45) is 7.05 Å². The predicted octanol–water partition coefficient (Wildman–Crippen LogP) is 3.02. The monoisotopic (exact) mass is 406 g/mol. The lowest BCUT2D eigenvalue weighted by atomic mass is 10.2. The minimum atomic E-state index is -4.44. The Kier molecular flexibility index (Phi) is 5.83. The van der Waals surface area contributed by atoms with Crippen molar-refractivity contribution in [1.82, 2.24) is 20.1 Å². The van der Waals surface area contributed by atoms with E-state index in [1.54, 1.807) is 19.3 Å². The summed E-state index contributed by atoms with van der Waals surface area (Å²) >= 11 is 0. The number of benzene rings is 1. The largest absolute Gasteiger partial charge is 0.455 e. The summed E-state index contributed by atoms with van der Waals surface area (Å²) in [6.07, 6.45) is -2.76. The van der Waals surface area contributed by atoms with Crippen LogP contribution in [0.2, 0.25) is 0 Å². The summed E-state index contributed by atoms with van der Waals surface area (Å²) in [4.78, 5) is 16.4. The number of hydrogen-bond acceptors (Lipinski definition) is 5. The van der Waals surface area contributed by atoms with E-state index < -0.39 is 17.6 Å². The van der Waals surface area contributed by atoms with E-state index in [4.69, 9.17) is 9.84 Å². The van der Waals surface area contributed by atoms with Gasteiger partial charge in [-0.15, -0.1) is 0 Å². The zero-order valence-electron chi connectivity index (χ0n) is 15.3. The molecule has 1 amide bonds. The van der Waals surface area contributed by atoms with Gasteiger partial charge in [0, 0.05) is 19.8 Å². The van der Waals surface area contributed by atoms with Crippen LogP contribution in [-0.2, 0) is 13.2 Å². The number of ether oxygens (including phenoxy) is 1. The summed E-state index contributed by atoms with van der Waals surface area (Å²) in [5.74, 6) is -0.0889. The third kappa shape index (κ3) is 4.91. The van der Waals surface area contributed by atoms with E-state index in [2.05, 4.69) is 15.4 Å². The molecule has 152 valence electrons. The SMILES string of the molecule is Cn1ccc(-c2nc(C(=O)NCCO)ccc2Oc2ccc(C(F)(F)F)cc2)n1. The summed E-state index contributed by atoms with van der Waals surface area (Å²) in [7, 11) is 1.71. The second kappa shape index (κ2) is 8.31. The molecule has 2 N–H and O–H groups in total. The summed E-state index contributed by atoms with van der Waals surface area (Å²) in [6.45, 7) is -0.142. The Morgan fingerprint density at radius 2 is 1.90 bits per heavy atom. The molecule has 0 radical (unpaired) electrons. The van der Waals surface area contributed by atoms with Crippen LogP contribution >= 0.6 is 0 Å². The number of alkyl halides is 3. The van der Waals surface area contributed by atoms with Crippen LogP contribution in [0.4, 0.5) is 13.2 Å². The van der Waals surface area contributed by atoms with Crippen LogP contribution in [0, 0.1) is 0 Å². The molecule has 0 aliphatic carbocycles. The van der Waals surface area contributed by atoms with Crippen molar-refractivity contribution in [1.29, 1.82) is 0 Å². The van der Waals surface area contributed by atoms with Crippen LogP contribution in [0.3, 0.4) is 0 Å². The van der Waals surface area contributed by atoms with Crippen LogP contribution in [-0.4, -0.2) is 38.9 Å². The maximum atomic E-state index is 12.7. The van der Waals surface area contributed by atoms with Gasteiger partial charge in [-0.05, 0) is 42.5 Å². The van der Waals surface area contributed by atoms with Crippen molar-refractivity contribution >= 4 is 5.91 Å². The number of hydrogen-bond donors (Lipinski definition) is 2. The number of pyridine rings is 1. The number of aromatic nitrogens is 3. The van der Waals surface area contributed by atoms with Crippen molar-refractivity contribution in [3.05, 3.63) is 59.9 Å². The molecule has 0 bridgehead atoms. The Hall–Kier alpha value is -3.40. The molecule has 10 heteroatoms. The molecule has 0 atom stereocenters. The van der Waals surface area contributed by atoms with Gasteiger partial charge in [-0.25, -0.2) is 4.98 Å². The van der Waals surface area contributed by atoms with E-state index >= 15 is 0 Å². The van der Waals surface area contributed by atoms with E-state index in [9.17, 15) is 18.0 Å². The van der Waals surface area contributed by atoms with Crippen molar-refractivity contribution in [3.63, 3.8) is 0 Å². The summed E-state index contributed by atoms with van der Waals surface area (Å²) in [6, 6.07) is 8.80. The van der Waals surface area contributed by atoms with Crippen LogP contribution < -0.4 is 10.1 Å². The van der Waals surface area contributed by atoms with Gasteiger partial charge in [-0.1, -0.05) is 0 Å². The van der Waals surface area contributed by atoms with Crippen molar-refractivity contribution in [2.45, 2.75) is 6.18 Å². The van der Waals surface area contributed by atoms with Gasteiger partial charge in [0.25, 0.3) is 5.91 Å². The maximum absolute atomic E-state index is 12.7. The molecule has 2 aromatic heterocycles. The van der Waals surface area contributed by atoms with E-state index in [0.29, 0.717) is 5.69 Å². The molecule has 0 aliphatic rings. The molecular weight excluding hydrogens is 389 g/mol. The van der Waals surface area contributed by atoms with Gasteiger partial charge in [0.1, 0.15) is 22.8 Å². The number of aliphatic hydroxyl groups excluding tert-OH is 1. The van der Waals surface area contributed by atoms with Gasteiger partial charge >= 0.3 is 6.18 Å². The lowest BCUT2D eigenvalue weighted by molar-refractivity contribution is -0.137. The second-order valence-corrected chi connectivity index (χ2v) is 6.02. The predicted molar refractivity (Wildman–Crippen MR) is 97.4 cm³/mol. The number of carbonyl (C=O) groups excluding carboxylic acids is 1. The molecule has 0 saturated carbocycles. The molecule has 3 aromatic rings. The Bertz CT molecular complexity index is 1000. The van der Waals surface area contributed by atoms with E-state index in [1.165, 1.54) is 28.9 Å². The van der Waals surface area contributed by atoms with Crippen LogP contribution in [0.1, 0.15) is 16.1 Å². The van der Waals surface area contributed by atoms with Gasteiger partial charge in [-0.3, -0.25) is 9.48 Å². The van der Waals surface area contributed by atoms with Gasteiger partial charge in [-0.2, -0.15) is 18.3 Å². The normalized spacial score (nSPS) is 11.3. The minimum Gasteiger partial charge on any atom is -0.455 e. The topological polar surface area (TPSA) is 89.3 Å². The fourth-order valence-electron chi connectivity index (χ4n) is 2.48. The van der Waals surface area contributed by atoms with Crippen molar-refractivity contribution < 1.29 is 27.8 Å². The standard InChI is InChI=1S/C19H17F3N4O3/c1-26-10-8-14(25-26)17-16(7-6-15(24-17)18(28)23-9-11-27)29-13-4-2-12(3-5-13)19(20,21)22/h2-8,10,27H,9,11H2,1H3,(H,23,28). The average molecular weight is 406 g/mol. The van der Waals surface area contributed by atoms with Crippen LogP contribution in [0.5, 0.6) is 11.5 Å². The highest BCUT2D eigenvalue weighted by Gasteiger charge is 2.30. The number of aliphatic hydroxyl groups is 1. The summed E-state index contributed by atoms with van der Waals surface area (Å²) in [5.41, 5.74) is -0.0314. The van der Waals surface area contributed by atoms with Crippen molar-refractivity contribution in [2.75, 3.05) is 13.2 Å².